The molecule has 114 valence electrons. The third kappa shape index (κ3) is 6.62. The molecule has 0 radical (unpaired) electrons. The van der Waals surface area contributed by atoms with Crippen molar-refractivity contribution >= 4 is 18.3 Å². The van der Waals surface area contributed by atoms with Gasteiger partial charge in [-0.3, -0.25) is 4.79 Å². The van der Waals surface area contributed by atoms with E-state index in [2.05, 4.69) is 19.2 Å². The van der Waals surface area contributed by atoms with E-state index >= 15 is 0 Å². The zero-order valence-corrected chi connectivity index (χ0v) is 13.5. The Morgan fingerprint density at radius 3 is 2.68 bits per heavy atom. The molecule has 1 rings (SSSR count). The molecule has 3 N–H and O–H groups in total. The number of nitrogens with one attached hydrogen (secondary N) is 1. The lowest BCUT2D eigenvalue weighted by Crippen LogP contribution is -2.51. The van der Waals surface area contributed by atoms with Gasteiger partial charge in [-0.15, -0.1) is 12.4 Å². The molecule has 0 aliphatic heterocycles. The summed E-state index contributed by atoms with van der Waals surface area (Å²) in [6, 6.07) is 0. The maximum atomic E-state index is 11.9. The maximum Gasteiger partial charge on any atom is 0.239 e. The van der Waals surface area contributed by atoms with Crippen molar-refractivity contribution in [1.29, 1.82) is 0 Å². The van der Waals surface area contributed by atoms with Crippen molar-refractivity contribution in [3.63, 3.8) is 0 Å². The minimum atomic E-state index is -0.700. The molecule has 0 saturated heterocycles. The van der Waals surface area contributed by atoms with Gasteiger partial charge in [0.1, 0.15) is 0 Å². The van der Waals surface area contributed by atoms with Gasteiger partial charge in [0.2, 0.25) is 5.91 Å². The predicted octanol–water partition coefficient (Wildman–Crippen LogP) is 3.26. The summed E-state index contributed by atoms with van der Waals surface area (Å²) in [5.74, 6) is 1.66. The zero-order valence-electron chi connectivity index (χ0n) is 12.7. The molecule has 4 heteroatoms. The molecule has 0 heterocycles. The van der Waals surface area contributed by atoms with Crippen LogP contribution in [0.5, 0.6) is 0 Å². The fraction of sp³-hybridized carbons (Fsp3) is 0.933. The number of amides is 1. The van der Waals surface area contributed by atoms with Gasteiger partial charge in [-0.25, -0.2) is 0 Å². The van der Waals surface area contributed by atoms with Crippen molar-refractivity contribution in [2.24, 2.45) is 17.6 Å². The first-order valence-electron chi connectivity index (χ1n) is 7.53. The molecular formula is C15H31ClN2O. The second kappa shape index (κ2) is 8.80. The van der Waals surface area contributed by atoms with E-state index < -0.39 is 5.54 Å². The minimum absolute atomic E-state index is 0. The van der Waals surface area contributed by atoms with Gasteiger partial charge in [0.15, 0.2) is 0 Å². The van der Waals surface area contributed by atoms with Crippen LogP contribution in [0.4, 0.5) is 0 Å². The Morgan fingerprint density at radius 2 is 2.11 bits per heavy atom. The number of nitrogens with two attached hydrogens (primary N) is 1. The topological polar surface area (TPSA) is 55.1 Å². The molecule has 0 aromatic rings. The fourth-order valence-corrected chi connectivity index (χ4v) is 3.05. The molecule has 3 nitrogen and oxygen atoms in total. The highest BCUT2D eigenvalue weighted by molar-refractivity contribution is 5.85. The molecule has 0 aromatic carbocycles. The van der Waals surface area contributed by atoms with Gasteiger partial charge in [0.05, 0.1) is 5.54 Å². The molecule has 0 bridgehead atoms. The van der Waals surface area contributed by atoms with E-state index in [0.717, 1.165) is 37.6 Å². The maximum absolute atomic E-state index is 11.9. The Balaban J connectivity index is 0.00000324. The normalized spacial score (nSPS) is 26.1. The van der Waals surface area contributed by atoms with Crippen LogP contribution in [0, 0.1) is 11.8 Å². The number of halogens is 1. The van der Waals surface area contributed by atoms with Crippen molar-refractivity contribution in [2.75, 3.05) is 6.54 Å². The summed E-state index contributed by atoms with van der Waals surface area (Å²) in [4.78, 5) is 11.9. The number of rotatable bonds is 6. The first-order valence-corrected chi connectivity index (χ1v) is 7.53. The average molecular weight is 291 g/mol. The van der Waals surface area contributed by atoms with Gasteiger partial charge < -0.3 is 11.1 Å². The monoisotopic (exact) mass is 290 g/mol. The SMILES string of the molecule is CCCC(C)(N)C(=O)NCCC1CCCC(C)C1.Cl. The van der Waals surface area contributed by atoms with Crippen molar-refractivity contribution in [2.45, 2.75) is 71.3 Å². The predicted molar refractivity (Wildman–Crippen MR) is 83.5 cm³/mol. The first kappa shape index (κ1) is 18.7. The second-order valence-corrected chi connectivity index (χ2v) is 6.35. The molecule has 0 aromatic heterocycles. The fourth-order valence-electron chi connectivity index (χ4n) is 3.05. The Morgan fingerprint density at radius 1 is 1.42 bits per heavy atom. The summed E-state index contributed by atoms with van der Waals surface area (Å²) in [6.45, 7) is 7.01. The number of carbonyl (C=O) groups is 1. The van der Waals surface area contributed by atoms with Crippen molar-refractivity contribution in [3.05, 3.63) is 0 Å². The lowest BCUT2D eigenvalue weighted by molar-refractivity contribution is -0.126. The third-order valence-corrected chi connectivity index (χ3v) is 4.17. The lowest BCUT2D eigenvalue weighted by atomic mass is 9.81. The quantitative estimate of drug-likeness (QED) is 0.789. The van der Waals surface area contributed by atoms with Crippen LogP contribution in [0.3, 0.4) is 0 Å². The van der Waals surface area contributed by atoms with Gasteiger partial charge in [-0.2, -0.15) is 0 Å². The largest absolute Gasteiger partial charge is 0.355 e. The van der Waals surface area contributed by atoms with E-state index in [4.69, 9.17) is 5.73 Å². The summed E-state index contributed by atoms with van der Waals surface area (Å²) in [6.07, 6.45) is 8.18. The molecule has 1 aliphatic carbocycles. The van der Waals surface area contributed by atoms with Crippen LogP contribution in [0.15, 0.2) is 0 Å². The average Bonchev–Trinajstić information content (AvgIpc) is 2.28. The van der Waals surface area contributed by atoms with E-state index in [1.807, 2.05) is 6.92 Å². The molecule has 0 spiro atoms. The van der Waals surface area contributed by atoms with E-state index in [-0.39, 0.29) is 18.3 Å². The second-order valence-electron chi connectivity index (χ2n) is 6.35. The number of hydrogen-bond acceptors (Lipinski definition) is 2. The van der Waals surface area contributed by atoms with E-state index in [1.165, 1.54) is 25.7 Å². The van der Waals surface area contributed by atoms with E-state index in [0.29, 0.717) is 0 Å². The van der Waals surface area contributed by atoms with Crippen LogP contribution < -0.4 is 11.1 Å². The van der Waals surface area contributed by atoms with E-state index in [9.17, 15) is 4.79 Å². The minimum Gasteiger partial charge on any atom is -0.355 e. The molecule has 1 saturated carbocycles. The number of hydrogen-bond donors (Lipinski definition) is 2. The van der Waals surface area contributed by atoms with Gasteiger partial charge in [-0.1, -0.05) is 39.5 Å². The van der Waals surface area contributed by atoms with Crippen LogP contribution in [0.1, 0.15) is 65.7 Å². The van der Waals surface area contributed by atoms with E-state index in [1.54, 1.807) is 0 Å². The summed E-state index contributed by atoms with van der Waals surface area (Å²) < 4.78 is 0. The van der Waals surface area contributed by atoms with Crippen LogP contribution in [-0.2, 0) is 4.79 Å². The molecule has 19 heavy (non-hydrogen) atoms. The molecule has 3 atom stereocenters. The third-order valence-electron chi connectivity index (χ3n) is 4.17. The Bertz CT molecular complexity index is 269. The highest BCUT2D eigenvalue weighted by Gasteiger charge is 2.27. The van der Waals surface area contributed by atoms with Crippen LogP contribution in [-0.4, -0.2) is 18.0 Å². The Kier molecular flexibility index (Phi) is 8.67. The Hall–Kier alpha value is -0.280. The van der Waals surface area contributed by atoms with Gasteiger partial charge in [0.25, 0.3) is 0 Å². The van der Waals surface area contributed by atoms with Crippen LogP contribution in [0.2, 0.25) is 0 Å². The van der Waals surface area contributed by atoms with Crippen LogP contribution in [0.25, 0.3) is 0 Å². The lowest BCUT2D eigenvalue weighted by Gasteiger charge is -2.27. The number of carbonyl (C=O) groups excluding carboxylic acids is 1. The molecule has 1 amide bonds. The van der Waals surface area contributed by atoms with Crippen LogP contribution >= 0.6 is 12.4 Å². The molecule has 1 aliphatic rings. The highest BCUT2D eigenvalue weighted by Crippen LogP contribution is 2.30. The standard InChI is InChI=1S/C15H30N2O.ClH/c1-4-9-15(3,16)14(18)17-10-8-13-7-5-6-12(2)11-13;/h12-13H,4-11,16H2,1-3H3,(H,17,18);1H. The van der Waals surface area contributed by atoms with Gasteiger partial charge >= 0.3 is 0 Å². The molecule has 3 unspecified atom stereocenters. The summed E-state index contributed by atoms with van der Waals surface area (Å²) in [5, 5.41) is 3.01. The summed E-state index contributed by atoms with van der Waals surface area (Å²) in [7, 11) is 0. The highest BCUT2D eigenvalue weighted by atomic mass is 35.5. The summed E-state index contributed by atoms with van der Waals surface area (Å²) >= 11 is 0. The van der Waals surface area contributed by atoms with Crippen molar-refractivity contribution in [1.82, 2.24) is 5.32 Å². The molecular weight excluding hydrogens is 260 g/mol. The first-order chi connectivity index (χ1) is 8.45. The Labute approximate surface area is 124 Å². The van der Waals surface area contributed by atoms with Gasteiger partial charge in [-0.05, 0) is 38.0 Å². The van der Waals surface area contributed by atoms with Crippen molar-refractivity contribution < 1.29 is 4.79 Å². The molecule has 1 fully saturated rings. The van der Waals surface area contributed by atoms with Crippen molar-refractivity contribution in [3.8, 4) is 0 Å². The smallest absolute Gasteiger partial charge is 0.239 e. The van der Waals surface area contributed by atoms with Gasteiger partial charge in [0, 0.05) is 6.54 Å². The summed E-state index contributed by atoms with van der Waals surface area (Å²) in [5.41, 5.74) is 5.30. The zero-order chi connectivity index (χ0) is 13.6.